The zero-order valence-corrected chi connectivity index (χ0v) is 17.8. The lowest BCUT2D eigenvalue weighted by Crippen LogP contribution is -2.36. The summed E-state index contributed by atoms with van der Waals surface area (Å²) in [7, 11) is -2.08. The number of halogens is 1. The topological polar surface area (TPSA) is 83.7 Å². The second-order valence-corrected chi connectivity index (χ2v) is 9.39. The Morgan fingerprint density at radius 1 is 1.25 bits per heavy atom. The molecule has 152 valence electrons. The van der Waals surface area contributed by atoms with Gasteiger partial charge in [-0.1, -0.05) is 23.2 Å². The van der Waals surface area contributed by atoms with Gasteiger partial charge in [0.1, 0.15) is 10.7 Å². The number of benzene rings is 1. The number of aromatic nitrogens is 1. The van der Waals surface area contributed by atoms with Crippen LogP contribution in [0.5, 0.6) is 0 Å². The molecule has 0 unspecified atom stereocenters. The largest absolute Gasteiger partial charge is 0.361 e. The normalized spacial score (nSPS) is 15.6. The lowest BCUT2D eigenvalue weighted by atomic mass is 10.1. The molecule has 2 aromatic rings. The van der Waals surface area contributed by atoms with E-state index < -0.39 is 10.0 Å². The molecule has 1 aliphatic rings. The minimum Gasteiger partial charge on any atom is -0.361 e. The average Bonchev–Trinajstić information content (AvgIpc) is 3.00. The maximum atomic E-state index is 13.0. The van der Waals surface area contributed by atoms with Crippen molar-refractivity contribution < 1.29 is 17.7 Å². The predicted molar refractivity (Wildman–Crippen MR) is 106 cm³/mol. The van der Waals surface area contributed by atoms with Crippen molar-refractivity contribution in [1.29, 1.82) is 0 Å². The first-order valence-corrected chi connectivity index (χ1v) is 11.0. The highest BCUT2D eigenvalue weighted by molar-refractivity contribution is 7.89. The maximum absolute atomic E-state index is 13.0. The Bertz CT molecular complexity index is 962. The number of aryl methyl sites for hydroxylation is 2. The average molecular weight is 426 g/mol. The van der Waals surface area contributed by atoms with E-state index in [1.54, 1.807) is 20.0 Å². The first-order valence-electron chi connectivity index (χ1n) is 9.18. The Morgan fingerprint density at radius 3 is 2.54 bits per heavy atom. The van der Waals surface area contributed by atoms with Crippen LogP contribution in [-0.4, -0.2) is 48.8 Å². The van der Waals surface area contributed by atoms with E-state index >= 15 is 0 Å². The Kier molecular flexibility index (Phi) is 6.12. The van der Waals surface area contributed by atoms with Gasteiger partial charge in [-0.2, -0.15) is 4.31 Å². The first-order chi connectivity index (χ1) is 13.2. The molecule has 0 saturated carbocycles. The molecule has 0 atom stereocenters. The SMILES string of the molecule is Cc1noc(C)c1CN(C)C(=O)c1ccc(Cl)c(S(=O)(=O)N2CCCCC2)c1. The summed E-state index contributed by atoms with van der Waals surface area (Å²) in [4.78, 5) is 14.4. The molecule has 1 aromatic carbocycles. The number of piperidine rings is 1. The number of sulfonamides is 1. The van der Waals surface area contributed by atoms with Crippen molar-refractivity contribution in [3.05, 3.63) is 45.8 Å². The third kappa shape index (κ3) is 4.09. The van der Waals surface area contributed by atoms with Gasteiger partial charge < -0.3 is 9.42 Å². The molecule has 9 heteroatoms. The summed E-state index contributed by atoms with van der Waals surface area (Å²) in [5.74, 6) is 0.355. The molecular weight excluding hydrogens is 402 g/mol. The van der Waals surface area contributed by atoms with Gasteiger partial charge in [-0.05, 0) is 44.9 Å². The number of hydrogen-bond donors (Lipinski definition) is 0. The van der Waals surface area contributed by atoms with Gasteiger partial charge in [-0.15, -0.1) is 0 Å². The number of amides is 1. The highest BCUT2D eigenvalue weighted by atomic mass is 35.5. The lowest BCUT2D eigenvalue weighted by Gasteiger charge is -2.26. The van der Waals surface area contributed by atoms with E-state index in [9.17, 15) is 13.2 Å². The van der Waals surface area contributed by atoms with Crippen LogP contribution in [0.4, 0.5) is 0 Å². The van der Waals surface area contributed by atoms with Gasteiger partial charge in [0.2, 0.25) is 10.0 Å². The van der Waals surface area contributed by atoms with Crippen molar-refractivity contribution in [2.24, 2.45) is 0 Å². The van der Waals surface area contributed by atoms with Crippen LogP contribution in [0.2, 0.25) is 5.02 Å². The minimum atomic E-state index is -3.73. The molecule has 3 rings (SSSR count). The van der Waals surface area contributed by atoms with Crippen molar-refractivity contribution in [3.63, 3.8) is 0 Å². The molecule has 1 amide bonds. The van der Waals surface area contributed by atoms with Crippen LogP contribution in [0.25, 0.3) is 0 Å². The highest BCUT2D eigenvalue weighted by Gasteiger charge is 2.29. The summed E-state index contributed by atoms with van der Waals surface area (Å²) in [6.45, 7) is 4.87. The second-order valence-electron chi connectivity index (χ2n) is 7.07. The molecule has 1 aliphatic heterocycles. The molecule has 2 heterocycles. The number of carbonyl (C=O) groups excluding carboxylic acids is 1. The predicted octanol–water partition coefficient (Wildman–Crippen LogP) is 3.39. The van der Waals surface area contributed by atoms with E-state index in [1.807, 2.05) is 6.92 Å². The molecule has 1 saturated heterocycles. The minimum absolute atomic E-state index is 0.0207. The van der Waals surface area contributed by atoms with E-state index in [0.29, 0.717) is 25.4 Å². The van der Waals surface area contributed by atoms with Crippen LogP contribution in [0.1, 0.15) is 46.6 Å². The summed E-state index contributed by atoms with van der Waals surface area (Å²) in [6, 6.07) is 4.39. The third-order valence-corrected chi connectivity index (χ3v) is 7.41. The smallest absolute Gasteiger partial charge is 0.253 e. The zero-order valence-electron chi connectivity index (χ0n) is 16.2. The molecule has 0 aliphatic carbocycles. The number of carbonyl (C=O) groups is 1. The Hall–Kier alpha value is -1.90. The fourth-order valence-corrected chi connectivity index (χ4v) is 5.35. The summed E-state index contributed by atoms with van der Waals surface area (Å²) in [5.41, 5.74) is 1.84. The summed E-state index contributed by atoms with van der Waals surface area (Å²) >= 11 is 6.19. The van der Waals surface area contributed by atoms with Crippen LogP contribution in [-0.2, 0) is 16.6 Å². The molecule has 0 radical (unpaired) electrons. The standard InChI is InChI=1S/C19H24ClN3O4S/c1-13-16(14(2)27-21-13)12-22(3)19(24)15-7-8-17(20)18(11-15)28(25,26)23-9-5-4-6-10-23/h7-8,11H,4-6,9-10,12H2,1-3H3. The van der Waals surface area contributed by atoms with Crippen LogP contribution in [0.15, 0.2) is 27.6 Å². The van der Waals surface area contributed by atoms with Gasteiger partial charge in [-0.25, -0.2) is 8.42 Å². The van der Waals surface area contributed by atoms with E-state index in [0.717, 1.165) is 30.5 Å². The van der Waals surface area contributed by atoms with Crippen molar-refractivity contribution in [3.8, 4) is 0 Å². The molecule has 1 fully saturated rings. The number of nitrogens with zero attached hydrogens (tertiary/aromatic N) is 3. The number of rotatable bonds is 5. The summed E-state index contributed by atoms with van der Waals surface area (Å²) in [6.07, 6.45) is 2.68. The van der Waals surface area contributed by atoms with Crippen molar-refractivity contribution in [1.82, 2.24) is 14.4 Å². The quantitative estimate of drug-likeness (QED) is 0.733. The van der Waals surface area contributed by atoms with Crippen molar-refractivity contribution in [2.45, 2.75) is 44.6 Å². The maximum Gasteiger partial charge on any atom is 0.253 e. The fourth-order valence-electron chi connectivity index (χ4n) is 3.34. The van der Waals surface area contributed by atoms with Crippen LogP contribution < -0.4 is 0 Å². The van der Waals surface area contributed by atoms with E-state index in [4.69, 9.17) is 16.1 Å². The van der Waals surface area contributed by atoms with E-state index in [2.05, 4.69) is 5.16 Å². The molecule has 0 N–H and O–H groups in total. The van der Waals surface area contributed by atoms with E-state index in [1.165, 1.54) is 21.3 Å². The zero-order chi connectivity index (χ0) is 20.5. The molecule has 1 aromatic heterocycles. The third-order valence-electron chi connectivity index (χ3n) is 5.03. The molecule has 0 bridgehead atoms. The number of hydrogen-bond acceptors (Lipinski definition) is 5. The van der Waals surface area contributed by atoms with Gasteiger partial charge in [-0.3, -0.25) is 4.79 Å². The Labute approximate surface area is 170 Å². The van der Waals surface area contributed by atoms with Crippen LogP contribution in [0.3, 0.4) is 0 Å². The molecule has 28 heavy (non-hydrogen) atoms. The van der Waals surface area contributed by atoms with Gasteiger partial charge in [0.25, 0.3) is 5.91 Å². The highest BCUT2D eigenvalue weighted by Crippen LogP contribution is 2.28. The van der Waals surface area contributed by atoms with Crippen LogP contribution in [0, 0.1) is 13.8 Å². The van der Waals surface area contributed by atoms with E-state index in [-0.39, 0.29) is 21.4 Å². The van der Waals surface area contributed by atoms with Crippen molar-refractivity contribution in [2.75, 3.05) is 20.1 Å². The second kappa shape index (κ2) is 8.23. The van der Waals surface area contributed by atoms with Crippen molar-refractivity contribution >= 4 is 27.5 Å². The Morgan fingerprint density at radius 2 is 1.93 bits per heavy atom. The Balaban J connectivity index is 1.87. The first kappa shape index (κ1) is 20.8. The molecule has 7 nitrogen and oxygen atoms in total. The summed E-state index contributed by atoms with van der Waals surface area (Å²) in [5, 5.41) is 4.02. The lowest BCUT2D eigenvalue weighted by molar-refractivity contribution is 0.0784. The van der Waals surface area contributed by atoms with Gasteiger partial charge in [0.05, 0.1) is 17.3 Å². The van der Waals surface area contributed by atoms with Gasteiger partial charge in [0.15, 0.2) is 0 Å². The molecule has 0 spiro atoms. The molecular formula is C19H24ClN3O4S. The monoisotopic (exact) mass is 425 g/mol. The summed E-state index contributed by atoms with van der Waals surface area (Å²) < 4.78 is 32.6. The fraction of sp³-hybridized carbons (Fsp3) is 0.474. The van der Waals surface area contributed by atoms with Crippen LogP contribution >= 0.6 is 11.6 Å². The van der Waals surface area contributed by atoms with Gasteiger partial charge in [0, 0.05) is 31.3 Å². The van der Waals surface area contributed by atoms with Gasteiger partial charge >= 0.3 is 0 Å².